The zero-order valence-corrected chi connectivity index (χ0v) is 19.8. The van der Waals surface area contributed by atoms with Gasteiger partial charge in [-0.25, -0.2) is 0 Å². The number of hydrogen-bond donors (Lipinski definition) is 1. The largest absolute Gasteiger partial charge is 0.385 e. The highest BCUT2D eigenvalue weighted by atomic mass is 16.5. The van der Waals surface area contributed by atoms with E-state index in [2.05, 4.69) is 5.32 Å². The second-order valence-electron chi connectivity index (χ2n) is 7.99. The van der Waals surface area contributed by atoms with Gasteiger partial charge in [0.1, 0.15) is 5.78 Å². The Morgan fingerprint density at radius 1 is 0.897 bits per heavy atom. The smallest absolute Gasteiger partial charge is 0.220 e. The van der Waals surface area contributed by atoms with Crippen molar-refractivity contribution >= 4 is 11.7 Å². The van der Waals surface area contributed by atoms with E-state index >= 15 is 0 Å². The van der Waals surface area contributed by atoms with Crippen molar-refractivity contribution in [2.24, 2.45) is 11.8 Å². The highest BCUT2D eigenvalue weighted by molar-refractivity contribution is 5.80. The van der Waals surface area contributed by atoms with E-state index in [1.54, 1.807) is 14.2 Å². The molecule has 2 aliphatic carbocycles. The highest BCUT2D eigenvalue weighted by Crippen LogP contribution is 2.26. The molecular weight excluding hydrogens is 366 g/mol. The normalized spacial score (nSPS) is 21.8. The summed E-state index contributed by atoms with van der Waals surface area (Å²) in [6.07, 6.45) is 12.8. The molecular formula is C24H47NO4. The Morgan fingerprint density at radius 3 is 2.03 bits per heavy atom. The minimum absolute atomic E-state index is 0.109. The lowest BCUT2D eigenvalue weighted by molar-refractivity contribution is -0.124. The number of ketones is 1. The number of rotatable bonds is 9. The first kappa shape index (κ1) is 28.1. The van der Waals surface area contributed by atoms with Crippen LogP contribution in [0, 0.1) is 11.8 Å². The maximum absolute atomic E-state index is 11.6. The molecule has 0 spiro atoms. The molecule has 2 rings (SSSR count). The molecule has 0 unspecified atom stereocenters. The first-order valence-corrected chi connectivity index (χ1v) is 11.9. The number of Topliss-reactive ketones (excluding diaryl/α,β-unsaturated/α-hetero) is 1. The Morgan fingerprint density at radius 2 is 1.52 bits per heavy atom. The zero-order valence-electron chi connectivity index (χ0n) is 19.8. The van der Waals surface area contributed by atoms with Gasteiger partial charge in [0.25, 0.3) is 0 Å². The molecule has 0 radical (unpaired) electrons. The van der Waals surface area contributed by atoms with E-state index in [9.17, 15) is 9.59 Å². The van der Waals surface area contributed by atoms with E-state index in [-0.39, 0.29) is 17.9 Å². The van der Waals surface area contributed by atoms with Gasteiger partial charge in [0.15, 0.2) is 0 Å². The van der Waals surface area contributed by atoms with Gasteiger partial charge < -0.3 is 14.8 Å². The average Bonchev–Trinajstić information content (AvgIpc) is 2.77. The van der Waals surface area contributed by atoms with Crippen LogP contribution in [0.1, 0.15) is 97.8 Å². The second-order valence-corrected chi connectivity index (χ2v) is 7.99. The van der Waals surface area contributed by atoms with Gasteiger partial charge >= 0.3 is 0 Å². The van der Waals surface area contributed by atoms with Gasteiger partial charge in [-0.05, 0) is 50.9 Å². The van der Waals surface area contributed by atoms with E-state index in [0.717, 1.165) is 44.6 Å². The summed E-state index contributed by atoms with van der Waals surface area (Å²) in [6.45, 7) is 7.54. The molecule has 0 aromatic rings. The van der Waals surface area contributed by atoms with Crippen molar-refractivity contribution in [3.05, 3.63) is 0 Å². The first-order chi connectivity index (χ1) is 14.1. The van der Waals surface area contributed by atoms with Crippen molar-refractivity contribution in [2.75, 3.05) is 27.4 Å². The number of carbonyl (C=O) groups excluding carboxylic acids is 2. The number of nitrogens with one attached hydrogen (secondary N) is 1. The summed E-state index contributed by atoms with van der Waals surface area (Å²) in [6, 6.07) is 0.265. The van der Waals surface area contributed by atoms with Gasteiger partial charge in [-0.1, -0.05) is 40.0 Å². The Kier molecular flexibility index (Phi) is 18.4. The summed E-state index contributed by atoms with van der Waals surface area (Å²) < 4.78 is 10.00. The van der Waals surface area contributed by atoms with Crippen molar-refractivity contribution in [1.82, 2.24) is 5.32 Å². The van der Waals surface area contributed by atoms with Gasteiger partial charge in [0.2, 0.25) is 5.91 Å². The van der Waals surface area contributed by atoms with Gasteiger partial charge in [-0.15, -0.1) is 0 Å². The molecule has 172 valence electrons. The van der Waals surface area contributed by atoms with E-state index in [1.165, 1.54) is 32.1 Å². The third-order valence-electron chi connectivity index (χ3n) is 5.78. The summed E-state index contributed by atoms with van der Waals surface area (Å²) in [7, 11) is 3.44. The first-order valence-electron chi connectivity index (χ1n) is 11.9. The van der Waals surface area contributed by atoms with E-state index in [1.807, 2.05) is 20.8 Å². The summed E-state index contributed by atoms with van der Waals surface area (Å²) >= 11 is 0. The van der Waals surface area contributed by atoms with Crippen molar-refractivity contribution in [3.8, 4) is 0 Å². The molecule has 0 aliphatic heterocycles. The highest BCUT2D eigenvalue weighted by Gasteiger charge is 2.25. The Bertz CT molecular complexity index is 397. The fourth-order valence-corrected chi connectivity index (χ4v) is 4.11. The molecule has 2 saturated carbocycles. The van der Waals surface area contributed by atoms with Crippen LogP contribution < -0.4 is 5.32 Å². The Balaban J connectivity index is 0.000000595. The standard InChI is InChI=1S/C14H25NO3.C8H16O.C2H6/c1-3-13(16)11-6-8-12(9-7-11)15-14(17)5-4-10-18-2;1-9-7-8-5-3-2-4-6-8;1-2/h11-12H,3-10H2,1-2H3,(H,15,17);8H,2-7H2,1H3;1-2H3. The molecule has 5 heteroatoms. The maximum Gasteiger partial charge on any atom is 0.220 e. The van der Waals surface area contributed by atoms with Crippen LogP contribution in [0.5, 0.6) is 0 Å². The lowest BCUT2D eigenvalue weighted by atomic mass is 9.83. The van der Waals surface area contributed by atoms with Crippen LogP contribution in [0.15, 0.2) is 0 Å². The molecule has 0 bridgehead atoms. The third kappa shape index (κ3) is 13.8. The quantitative estimate of drug-likeness (QED) is 0.521. The topological polar surface area (TPSA) is 64.6 Å². The van der Waals surface area contributed by atoms with Gasteiger partial charge in [-0.2, -0.15) is 0 Å². The molecule has 0 saturated heterocycles. The molecule has 0 aromatic heterocycles. The zero-order chi connectivity index (χ0) is 21.9. The van der Waals surface area contributed by atoms with Crippen LogP contribution in [-0.4, -0.2) is 45.2 Å². The average molecular weight is 414 g/mol. The molecule has 0 aromatic carbocycles. The molecule has 2 aliphatic rings. The van der Waals surface area contributed by atoms with Crippen molar-refractivity contribution in [1.29, 1.82) is 0 Å². The fourth-order valence-electron chi connectivity index (χ4n) is 4.11. The van der Waals surface area contributed by atoms with Gasteiger partial charge in [0.05, 0.1) is 0 Å². The second kappa shape index (κ2) is 19.0. The lowest BCUT2D eigenvalue weighted by Crippen LogP contribution is -2.38. The van der Waals surface area contributed by atoms with Crippen LogP contribution in [0.3, 0.4) is 0 Å². The molecule has 5 nitrogen and oxygen atoms in total. The Labute approximate surface area is 179 Å². The monoisotopic (exact) mass is 413 g/mol. The predicted octanol–water partition coefficient (Wildman–Crippen LogP) is 5.31. The minimum atomic E-state index is 0.109. The lowest BCUT2D eigenvalue weighted by Gasteiger charge is -2.28. The number of hydrogen-bond acceptors (Lipinski definition) is 4. The van der Waals surface area contributed by atoms with E-state index < -0.39 is 0 Å². The fraction of sp³-hybridized carbons (Fsp3) is 0.917. The van der Waals surface area contributed by atoms with Crippen LogP contribution in [0.2, 0.25) is 0 Å². The maximum atomic E-state index is 11.6. The number of ether oxygens (including phenoxy) is 2. The minimum Gasteiger partial charge on any atom is -0.385 e. The summed E-state index contributed by atoms with van der Waals surface area (Å²) in [5, 5.41) is 3.05. The SMILES string of the molecule is CC.CCC(=O)C1CCC(NC(=O)CCCOC)CC1.COCC1CCCCC1. The summed E-state index contributed by atoms with van der Waals surface area (Å²) in [4.78, 5) is 23.2. The van der Waals surface area contributed by atoms with Crippen LogP contribution in [-0.2, 0) is 19.1 Å². The number of amides is 1. The molecule has 0 atom stereocenters. The summed E-state index contributed by atoms with van der Waals surface area (Å²) in [5.41, 5.74) is 0. The summed E-state index contributed by atoms with van der Waals surface area (Å²) in [5.74, 6) is 1.59. The Hall–Kier alpha value is -0.940. The van der Waals surface area contributed by atoms with Crippen molar-refractivity contribution in [3.63, 3.8) is 0 Å². The number of carbonyl (C=O) groups is 2. The van der Waals surface area contributed by atoms with Gasteiger partial charge in [0, 0.05) is 52.2 Å². The van der Waals surface area contributed by atoms with Crippen LogP contribution in [0.25, 0.3) is 0 Å². The molecule has 29 heavy (non-hydrogen) atoms. The molecule has 1 N–H and O–H groups in total. The predicted molar refractivity (Wildman–Crippen MR) is 120 cm³/mol. The van der Waals surface area contributed by atoms with E-state index in [0.29, 0.717) is 25.2 Å². The number of methoxy groups -OCH3 is 2. The van der Waals surface area contributed by atoms with E-state index in [4.69, 9.17) is 9.47 Å². The van der Waals surface area contributed by atoms with Crippen LogP contribution >= 0.6 is 0 Å². The third-order valence-corrected chi connectivity index (χ3v) is 5.78. The molecule has 1 amide bonds. The molecule has 0 heterocycles. The van der Waals surface area contributed by atoms with Gasteiger partial charge in [-0.3, -0.25) is 9.59 Å². The van der Waals surface area contributed by atoms with Crippen molar-refractivity contribution in [2.45, 2.75) is 104 Å². The van der Waals surface area contributed by atoms with Crippen LogP contribution in [0.4, 0.5) is 0 Å². The molecule has 2 fully saturated rings. The van der Waals surface area contributed by atoms with Crippen molar-refractivity contribution < 1.29 is 19.1 Å².